The van der Waals surface area contributed by atoms with Crippen molar-refractivity contribution in [3.63, 3.8) is 0 Å². The lowest BCUT2D eigenvalue weighted by Gasteiger charge is -1.95. The fourth-order valence-corrected chi connectivity index (χ4v) is 0.705. The second-order valence-electron chi connectivity index (χ2n) is 1.82. The van der Waals surface area contributed by atoms with E-state index in [4.69, 9.17) is 21.1 Å². The maximum Gasteiger partial charge on any atom is 0.193 e. The minimum absolute atomic E-state index is 0.311. The summed E-state index contributed by atoms with van der Waals surface area (Å²) in [6.45, 7) is 1.62. The minimum atomic E-state index is -0.572. The molecule has 0 aliphatic carbocycles. The first-order valence-electron chi connectivity index (χ1n) is 2.63. The highest BCUT2D eigenvalue weighted by molar-refractivity contribution is 6.28. The smallest absolute Gasteiger partial charge is 0.193 e. The first-order valence-corrected chi connectivity index (χ1v) is 3.01. The van der Waals surface area contributed by atoms with Gasteiger partial charge in [0.05, 0.1) is 0 Å². The van der Waals surface area contributed by atoms with Gasteiger partial charge in [-0.15, -0.1) is 0 Å². The van der Waals surface area contributed by atoms with Gasteiger partial charge in [-0.2, -0.15) is 0 Å². The molecule has 1 atom stereocenters. The standard InChI is InChI=1S/C6H7ClO2/c1-4(8)5-2-3-6(7)9-5/h2-4,8H,1H3. The lowest BCUT2D eigenvalue weighted by molar-refractivity contribution is 0.169. The van der Waals surface area contributed by atoms with Crippen molar-refractivity contribution in [2.24, 2.45) is 0 Å². The van der Waals surface area contributed by atoms with Crippen molar-refractivity contribution in [1.82, 2.24) is 0 Å². The van der Waals surface area contributed by atoms with Gasteiger partial charge in [-0.05, 0) is 30.7 Å². The van der Waals surface area contributed by atoms with E-state index in [2.05, 4.69) is 0 Å². The van der Waals surface area contributed by atoms with Crippen LogP contribution in [0.25, 0.3) is 0 Å². The van der Waals surface area contributed by atoms with E-state index in [-0.39, 0.29) is 0 Å². The van der Waals surface area contributed by atoms with E-state index in [1.807, 2.05) is 0 Å². The fourth-order valence-electron chi connectivity index (χ4n) is 0.553. The zero-order valence-electron chi connectivity index (χ0n) is 4.97. The molecule has 0 spiro atoms. The van der Waals surface area contributed by atoms with Gasteiger partial charge in [0.25, 0.3) is 0 Å². The molecule has 0 saturated carbocycles. The zero-order chi connectivity index (χ0) is 6.85. The van der Waals surface area contributed by atoms with Crippen LogP contribution in [0.2, 0.25) is 5.22 Å². The van der Waals surface area contributed by atoms with Crippen molar-refractivity contribution < 1.29 is 9.52 Å². The van der Waals surface area contributed by atoms with Crippen LogP contribution in [0, 0.1) is 0 Å². The quantitative estimate of drug-likeness (QED) is 0.657. The SMILES string of the molecule is CC(O)c1ccc(Cl)o1. The average Bonchev–Trinajstić information content (AvgIpc) is 2.14. The molecule has 0 amide bonds. The summed E-state index contributed by atoms with van der Waals surface area (Å²) < 4.78 is 4.86. The highest BCUT2D eigenvalue weighted by Gasteiger charge is 2.03. The van der Waals surface area contributed by atoms with Crippen LogP contribution in [0.15, 0.2) is 16.5 Å². The number of hydrogen-bond acceptors (Lipinski definition) is 2. The van der Waals surface area contributed by atoms with E-state index in [9.17, 15) is 0 Å². The van der Waals surface area contributed by atoms with Crippen LogP contribution in [0.3, 0.4) is 0 Å². The van der Waals surface area contributed by atoms with Crippen molar-refractivity contribution in [3.8, 4) is 0 Å². The van der Waals surface area contributed by atoms with Gasteiger partial charge in [0.15, 0.2) is 5.22 Å². The van der Waals surface area contributed by atoms with E-state index < -0.39 is 6.10 Å². The number of hydrogen-bond donors (Lipinski definition) is 1. The third-order valence-corrected chi connectivity index (χ3v) is 1.21. The molecule has 0 aliphatic heterocycles. The number of rotatable bonds is 1. The van der Waals surface area contributed by atoms with Crippen LogP contribution in [-0.2, 0) is 0 Å². The molecule has 9 heavy (non-hydrogen) atoms. The summed E-state index contributed by atoms with van der Waals surface area (Å²) in [6, 6.07) is 3.25. The summed E-state index contributed by atoms with van der Waals surface area (Å²) in [4.78, 5) is 0. The van der Waals surface area contributed by atoms with E-state index in [1.165, 1.54) is 0 Å². The van der Waals surface area contributed by atoms with Crippen molar-refractivity contribution >= 4 is 11.6 Å². The monoisotopic (exact) mass is 146 g/mol. The van der Waals surface area contributed by atoms with Gasteiger partial charge < -0.3 is 9.52 Å². The molecule has 0 fully saturated rings. The third-order valence-electron chi connectivity index (χ3n) is 1.01. The summed E-state index contributed by atoms with van der Waals surface area (Å²) in [7, 11) is 0. The molecule has 1 aromatic heterocycles. The molecule has 1 rings (SSSR count). The number of halogens is 1. The molecule has 2 nitrogen and oxygen atoms in total. The van der Waals surface area contributed by atoms with Crippen molar-refractivity contribution in [2.45, 2.75) is 13.0 Å². The van der Waals surface area contributed by atoms with Crippen molar-refractivity contribution in [3.05, 3.63) is 23.1 Å². The molecule has 3 heteroatoms. The van der Waals surface area contributed by atoms with Crippen LogP contribution in [0.5, 0.6) is 0 Å². The second-order valence-corrected chi connectivity index (χ2v) is 2.19. The van der Waals surface area contributed by atoms with Gasteiger partial charge >= 0.3 is 0 Å². The highest BCUT2D eigenvalue weighted by Crippen LogP contribution is 2.18. The molecule has 0 radical (unpaired) electrons. The van der Waals surface area contributed by atoms with Gasteiger partial charge in [-0.1, -0.05) is 0 Å². The zero-order valence-corrected chi connectivity index (χ0v) is 5.72. The highest BCUT2D eigenvalue weighted by atomic mass is 35.5. The van der Waals surface area contributed by atoms with Gasteiger partial charge in [0.1, 0.15) is 11.9 Å². The van der Waals surface area contributed by atoms with E-state index >= 15 is 0 Å². The normalized spacial score (nSPS) is 13.7. The first-order chi connectivity index (χ1) is 4.20. The number of furan rings is 1. The topological polar surface area (TPSA) is 33.4 Å². The van der Waals surface area contributed by atoms with E-state index in [1.54, 1.807) is 19.1 Å². The summed E-state index contributed by atoms with van der Waals surface area (Å²) >= 11 is 5.43. The van der Waals surface area contributed by atoms with Crippen LogP contribution in [0.4, 0.5) is 0 Å². The average molecular weight is 147 g/mol. The lowest BCUT2D eigenvalue weighted by atomic mass is 10.3. The summed E-state index contributed by atoms with van der Waals surface area (Å²) in [5.41, 5.74) is 0. The molecule has 1 heterocycles. The van der Waals surface area contributed by atoms with Crippen molar-refractivity contribution in [2.75, 3.05) is 0 Å². The molecular formula is C6H7ClO2. The number of aliphatic hydroxyl groups is 1. The Morgan fingerprint density at radius 2 is 2.33 bits per heavy atom. The Morgan fingerprint density at radius 3 is 2.56 bits per heavy atom. The Hall–Kier alpha value is -0.470. The van der Waals surface area contributed by atoms with Gasteiger partial charge in [0.2, 0.25) is 0 Å². The predicted molar refractivity (Wildman–Crippen MR) is 34.4 cm³/mol. The number of aliphatic hydroxyl groups excluding tert-OH is 1. The Kier molecular flexibility index (Phi) is 1.78. The van der Waals surface area contributed by atoms with Gasteiger partial charge in [0, 0.05) is 0 Å². The molecular weight excluding hydrogens is 140 g/mol. The maximum atomic E-state index is 8.88. The first kappa shape index (κ1) is 6.65. The van der Waals surface area contributed by atoms with E-state index in [0.717, 1.165) is 0 Å². The molecule has 1 aromatic rings. The molecule has 1 N–H and O–H groups in total. The van der Waals surface area contributed by atoms with Gasteiger partial charge in [-0.25, -0.2) is 0 Å². The summed E-state index contributed by atoms with van der Waals surface area (Å²) in [6.07, 6.45) is -0.572. The van der Waals surface area contributed by atoms with Crippen LogP contribution < -0.4 is 0 Å². The Labute approximate surface area is 58.1 Å². The molecule has 0 aliphatic rings. The van der Waals surface area contributed by atoms with Crippen LogP contribution in [0.1, 0.15) is 18.8 Å². The summed E-state index contributed by atoms with van der Waals surface area (Å²) in [5.74, 6) is 0.500. The molecule has 50 valence electrons. The molecule has 1 unspecified atom stereocenters. The molecule has 0 aromatic carbocycles. The lowest BCUT2D eigenvalue weighted by Crippen LogP contribution is -1.84. The molecule has 0 saturated heterocycles. The summed E-state index contributed by atoms with van der Waals surface area (Å²) in [5, 5.41) is 9.20. The second kappa shape index (κ2) is 2.42. The van der Waals surface area contributed by atoms with E-state index in [0.29, 0.717) is 11.0 Å². The minimum Gasteiger partial charge on any atom is -0.447 e. The largest absolute Gasteiger partial charge is 0.447 e. The Balaban J connectivity index is 2.85. The Bertz CT molecular complexity index is 193. The fraction of sp³-hybridized carbons (Fsp3) is 0.333. The van der Waals surface area contributed by atoms with Crippen LogP contribution in [-0.4, -0.2) is 5.11 Å². The van der Waals surface area contributed by atoms with Crippen molar-refractivity contribution in [1.29, 1.82) is 0 Å². The maximum absolute atomic E-state index is 8.88. The van der Waals surface area contributed by atoms with Crippen LogP contribution >= 0.6 is 11.6 Å². The van der Waals surface area contributed by atoms with Gasteiger partial charge in [-0.3, -0.25) is 0 Å². The molecule has 0 bridgehead atoms. The third kappa shape index (κ3) is 1.47. The Morgan fingerprint density at radius 1 is 1.67 bits per heavy atom. The predicted octanol–water partition coefficient (Wildman–Crippen LogP) is 1.99.